The number of Topliss-reactive ketones (excluding diaryl/α,β-unsaturated/α-hetero) is 1. The van der Waals surface area contributed by atoms with E-state index < -0.39 is 5.60 Å². The molecule has 3 nitrogen and oxygen atoms in total. The molecule has 0 saturated carbocycles. The minimum atomic E-state index is -0.412. The Morgan fingerprint density at radius 3 is 2.41 bits per heavy atom. The number of rotatable bonds is 2. The second-order valence-corrected chi connectivity index (χ2v) is 5.98. The third-order valence-electron chi connectivity index (χ3n) is 3.51. The van der Waals surface area contributed by atoms with Crippen molar-refractivity contribution in [1.82, 2.24) is 0 Å². The highest BCUT2D eigenvalue weighted by Crippen LogP contribution is 2.43. The summed E-state index contributed by atoms with van der Waals surface area (Å²) in [5.41, 5.74) is 0.0375. The normalized spacial score (nSPS) is 26.1. The maximum atomic E-state index is 12.5. The Bertz CT molecular complexity index is 440. The van der Waals surface area contributed by atoms with Gasteiger partial charge in [0.1, 0.15) is 5.76 Å². The molecule has 0 amide bonds. The van der Waals surface area contributed by atoms with E-state index in [9.17, 15) is 4.79 Å². The minimum Gasteiger partial charge on any atom is -0.469 e. The highest BCUT2D eigenvalue weighted by Gasteiger charge is 2.49. The third-order valence-corrected chi connectivity index (χ3v) is 3.51. The lowest BCUT2D eigenvalue weighted by Gasteiger charge is -2.26. The Balaban J connectivity index is 2.30. The first kappa shape index (κ1) is 12.4. The van der Waals surface area contributed by atoms with Crippen LogP contribution in [0.5, 0.6) is 0 Å². The highest BCUT2D eigenvalue weighted by molar-refractivity contribution is 5.99. The third kappa shape index (κ3) is 2.16. The van der Waals surface area contributed by atoms with E-state index in [2.05, 4.69) is 0 Å². The molecule has 2 heterocycles. The summed E-state index contributed by atoms with van der Waals surface area (Å²) >= 11 is 0. The quantitative estimate of drug-likeness (QED) is 0.739. The molecule has 0 N–H and O–H groups in total. The van der Waals surface area contributed by atoms with Crippen LogP contribution >= 0.6 is 0 Å². The van der Waals surface area contributed by atoms with E-state index in [0.29, 0.717) is 11.3 Å². The van der Waals surface area contributed by atoms with Gasteiger partial charge in [0, 0.05) is 0 Å². The molecule has 1 aliphatic heterocycles. The second kappa shape index (κ2) is 3.70. The summed E-state index contributed by atoms with van der Waals surface area (Å²) in [4.78, 5) is 12.5. The summed E-state index contributed by atoms with van der Waals surface area (Å²) in [6.45, 7) is 9.86. The maximum absolute atomic E-state index is 12.5. The lowest BCUT2D eigenvalue weighted by molar-refractivity contribution is -0.0712. The standard InChI is InChI=1S/C14H20O3/c1-9-10(6-7-16-9)12(15)11-8-13(2,3)17-14(11,4)5/h6-7,11H,8H2,1-5H3. The number of carbonyl (C=O) groups excluding carboxylic acids is 1. The number of ketones is 1. The van der Waals surface area contributed by atoms with Gasteiger partial charge in [0.25, 0.3) is 0 Å². The summed E-state index contributed by atoms with van der Waals surface area (Å²) in [5, 5.41) is 0. The van der Waals surface area contributed by atoms with Gasteiger partial charge in [0.05, 0.1) is 28.9 Å². The van der Waals surface area contributed by atoms with Gasteiger partial charge in [-0.25, -0.2) is 0 Å². The van der Waals surface area contributed by atoms with Gasteiger partial charge in [0.15, 0.2) is 5.78 Å². The van der Waals surface area contributed by atoms with Crippen LogP contribution < -0.4 is 0 Å². The van der Waals surface area contributed by atoms with Crippen LogP contribution in [-0.2, 0) is 4.74 Å². The number of ether oxygens (including phenoxy) is 1. The van der Waals surface area contributed by atoms with Crippen molar-refractivity contribution in [2.75, 3.05) is 0 Å². The van der Waals surface area contributed by atoms with Crippen LogP contribution in [0, 0.1) is 12.8 Å². The molecule has 17 heavy (non-hydrogen) atoms. The molecule has 0 aliphatic carbocycles. The molecular weight excluding hydrogens is 216 g/mol. The van der Waals surface area contributed by atoms with Crippen molar-refractivity contribution < 1.29 is 13.9 Å². The molecule has 0 bridgehead atoms. The Kier molecular flexibility index (Phi) is 2.69. The molecule has 2 rings (SSSR count). The molecule has 1 atom stereocenters. The predicted octanol–water partition coefficient (Wildman–Crippen LogP) is 3.36. The molecule has 0 spiro atoms. The summed E-state index contributed by atoms with van der Waals surface area (Å²) in [6.07, 6.45) is 2.32. The van der Waals surface area contributed by atoms with Crippen molar-refractivity contribution in [1.29, 1.82) is 0 Å². The molecule has 94 valence electrons. The number of carbonyl (C=O) groups is 1. The zero-order valence-electron chi connectivity index (χ0n) is 11.2. The monoisotopic (exact) mass is 236 g/mol. The van der Waals surface area contributed by atoms with Gasteiger partial charge in [-0.15, -0.1) is 0 Å². The van der Waals surface area contributed by atoms with Gasteiger partial charge in [0.2, 0.25) is 0 Å². The SMILES string of the molecule is Cc1occc1C(=O)C1CC(C)(C)OC1(C)C. The van der Waals surface area contributed by atoms with Gasteiger partial charge < -0.3 is 9.15 Å². The van der Waals surface area contributed by atoms with Crippen molar-refractivity contribution >= 4 is 5.78 Å². The first-order valence-electron chi connectivity index (χ1n) is 6.01. The van der Waals surface area contributed by atoms with Gasteiger partial charge in [-0.1, -0.05) is 0 Å². The zero-order chi connectivity index (χ0) is 12.8. The Hall–Kier alpha value is -1.09. The van der Waals surface area contributed by atoms with Crippen LogP contribution in [-0.4, -0.2) is 17.0 Å². The zero-order valence-corrected chi connectivity index (χ0v) is 11.2. The Morgan fingerprint density at radius 1 is 1.35 bits per heavy atom. The molecular formula is C14H20O3. The van der Waals surface area contributed by atoms with E-state index in [1.54, 1.807) is 12.3 Å². The molecule has 3 heteroatoms. The first-order valence-corrected chi connectivity index (χ1v) is 6.01. The van der Waals surface area contributed by atoms with Gasteiger partial charge in [-0.05, 0) is 47.1 Å². The molecule has 0 radical (unpaired) electrons. The van der Waals surface area contributed by atoms with Crippen LogP contribution in [0.3, 0.4) is 0 Å². The smallest absolute Gasteiger partial charge is 0.172 e. The largest absolute Gasteiger partial charge is 0.469 e. The number of furan rings is 1. The Morgan fingerprint density at radius 2 is 2.00 bits per heavy atom. The van der Waals surface area contributed by atoms with Crippen LogP contribution in [0.4, 0.5) is 0 Å². The fourth-order valence-corrected chi connectivity index (χ4v) is 2.80. The lowest BCUT2D eigenvalue weighted by Crippen LogP contribution is -2.33. The first-order chi connectivity index (χ1) is 7.73. The van der Waals surface area contributed by atoms with Gasteiger partial charge in [-0.2, -0.15) is 0 Å². The van der Waals surface area contributed by atoms with E-state index in [1.165, 1.54) is 0 Å². The summed E-state index contributed by atoms with van der Waals surface area (Å²) in [7, 11) is 0. The highest BCUT2D eigenvalue weighted by atomic mass is 16.5. The van der Waals surface area contributed by atoms with E-state index in [-0.39, 0.29) is 17.3 Å². The summed E-state index contributed by atoms with van der Waals surface area (Å²) in [6, 6.07) is 1.75. The van der Waals surface area contributed by atoms with E-state index in [0.717, 1.165) is 6.42 Å². The molecule has 1 aromatic heterocycles. The van der Waals surface area contributed by atoms with Crippen molar-refractivity contribution in [2.24, 2.45) is 5.92 Å². The molecule has 1 aromatic rings. The number of aryl methyl sites for hydroxylation is 1. The van der Waals surface area contributed by atoms with Crippen molar-refractivity contribution in [2.45, 2.75) is 52.2 Å². The van der Waals surface area contributed by atoms with Crippen LogP contribution in [0.1, 0.15) is 50.2 Å². The predicted molar refractivity (Wildman–Crippen MR) is 65.1 cm³/mol. The van der Waals surface area contributed by atoms with Gasteiger partial charge >= 0.3 is 0 Å². The summed E-state index contributed by atoms with van der Waals surface area (Å²) < 4.78 is 11.2. The van der Waals surface area contributed by atoms with E-state index in [1.807, 2.05) is 34.6 Å². The maximum Gasteiger partial charge on any atom is 0.172 e. The minimum absolute atomic E-state index is 0.103. The van der Waals surface area contributed by atoms with Gasteiger partial charge in [-0.3, -0.25) is 4.79 Å². The summed E-state index contributed by atoms with van der Waals surface area (Å²) in [5.74, 6) is 0.719. The van der Waals surface area contributed by atoms with Crippen LogP contribution in [0.15, 0.2) is 16.7 Å². The fourth-order valence-electron chi connectivity index (χ4n) is 2.80. The van der Waals surface area contributed by atoms with Crippen molar-refractivity contribution in [3.63, 3.8) is 0 Å². The molecule has 1 aliphatic rings. The van der Waals surface area contributed by atoms with Crippen molar-refractivity contribution in [3.05, 3.63) is 23.7 Å². The number of hydrogen-bond acceptors (Lipinski definition) is 3. The lowest BCUT2D eigenvalue weighted by atomic mass is 9.82. The van der Waals surface area contributed by atoms with Crippen molar-refractivity contribution in [3.8, 4) is 0 Å². The van der Waals surface area contributed by atoms with Crippen LogP contribution in [0.2, 0.25) is 0 Å². The molecule has 0 aromatic carbocycles. The number of hydrogen-bond donors (Lipinski definition) is 0. The van der Waals surface area contributed by atoms with Crippen LogP contribution in [0.25, 0.3) is 0 Å². The molecule has 1 unspecified atom stereocenters. The van der Waals surface area contributed by atoms with E-state index >= 15 is 0 Å². The average Bonchev–Trinajstić information content (AvgIpc) is 2.66. The van der Waals surface area contributed by atoms with E-state index in [4.69, 9.17) is 9.15 Å². The molecule has 1 saturated heterocycles. The second-order valence-electron chi connectivity index (χ2n) is 5.98. The molecule has 1 fully saturated rings. The average molecular weight is 236 g/mol. The fraction of sp³-hybridized carbons (Fsp3) is 0.643. The topological polar surface area (TPSA) is 39.4 Å². The Labute approximate surface area is 102 Å².